The Morgan fingerprint density at radius 2 is 1.65 bits per heavy atom. The molecule has 31 heavy (non-hydrogen) atoms. The van der Waals surface area contributed by atoms with E-state index in [2.05, 4.69) is 0 Å². The number of nitro groups is 1. The molecule has 0 saturated carbocycles. The average Bonchev–Trinajstić information content (AvgIpc) is 2.77. The summed E-state index contributed by atoms with van der Waals surface area (Å²) < 4.78 is 13.7. The summed E-state index contributed by atoms with van der Waals surface area (Å²) in [5, 5.41) is 20.1. The molecule has 0 aliphatic carbocycles. The molecule has 3 aromatic carbocycles. The molecule has 0 atom stereocenters. The van der Waals surface area contributed by atoms with Crippen molar-refractivity contribution in [1.29, 1.82) is 0 Å². The number of hydrogen-bond acceptors (Lipinski definition) is 5. The second-order valence-electron chi connectivity index (χ2n) is 6.46. The molecule has 0 spiro atoms. The summed E-state index contributed by atoms with van der Waals surface area (Å²) in [5.41, 5.74) is 0.915. The van der Waals surface area contributed by atoms with Gasteiger partial charge in [0.1, 0.15) is 0 Å². The molecule has 0 aliphatic heterocycles. The number of aromatic carboxylic acids is 1. The van der Waals surface area contributed by atoms with Crippen molar-refractivity contribution in [3.63, 3.8) is 0 Å². The standard InChI is InChI=1S/C23H16FNO5S/c24-19-11-6-16(12-20(19)25(29)30)13-21(31-14-15-4-2-1-3-5-15)22(26)17-7-9-18(10-8-17)23(27)28/h1-13H,14H2,(H,27,28). The van der Waals surface area contributed by atoms with Crippen LogP contribution in [0.4, 0.5) is 10.1 Å². The van der Waals surface area contributed by atoms with Crippen molar-refractivity contribution in [2.75, 3.05) is 0 Å². The van der Waals surface area contributed by atoms with E-state index in [-0.39, 0.29) is 21.8 Å². The summed E-state index contributed by atoms with van der Waals surface area (Å²) in [4.78, 5) is 34.6. The van der Waals surface area contributed by atoms with Crippen LogP contribution in [0.2, 0.25) is 0 Å². The maximum absolute atomic E-state index is 13.7. The molecule has 6 nitrogen and oxygen atoms in total. The van der Waals surface area contributed by atoms with E-state index in [1.165, 1.54) is 48.2 Å². The molecule has 0 bridgehead atoms. The molecule has 0 unspecified atom stereocenters. The van der Waals surface area contributed by atoms with Crippen molar-refractivity contribution in [2.24, 2.45) is 0 Å². The van der Waals surface area contributed by atoms with E-state index in [1.807, 2.05) is 30.3 Å². The van der Waals surface area contributed by atoms with E-state index < -0.39 is 22.4 Å². The van der Waals surface area contributed by atoms with Crippen LogP contribution in [-0.4, -0.2) is 21.8 Å². The highest BCUT2D eigenvalue weighted by Crippen LogP contribution is 2.29. The first kappa shape index (κ1) is 21.9. The molecular weight excluding hydrogens is 421 g/mol. The Balaban J connectivity index is 1.96. The molecule has 0 aromatic heterocycles. The highest BCUT2D eigenvalue weighted by atomic mass is 32.2. The third-order valence-electron chi connectivity index (χ3n) is 4.32. The number of benzene rings is 3. The molecule has 0 aliphatic rings. The normalized spacial score (nSPS) is 11.2. The number of allylic oxidation sites excluding steroid dienone is 1. The van der Waals surface area contributed by atoms with E-state index in [1.54, 1.807) is 0 Å². The van der Waals surface area contributed by atoms with Crippen molar-refractivity contribution in [2.45, 2.75) is 5.75 Å². The summed E-state index contributed by atoms with van der Waals surface area (Å²) in [7, 11) is 0. The first-order chi connectivity index (χ1) is 14.8. The van der Waals surface area contributed by atoms with Gasteiger partial charge in [-0.25, -0.2) is 4.79 Å². The van der Waals surface area contributed by atoms with Gasteiger partial charge in [-0.1, -0.05) is 48.5 Å². The minimum Gasteiger partial charge on any atom is -0.478 e. The lowest BCUT2D eigenvalue weighted by Crippen LogP contribution is -2.03. The molecular formula is C23H16FNO5S. The van der Waals surface area contributed by atoms with Crippen LogP contribution < -0.4 is 0 Å². The van der Waals surface area contributed by atoms with E-state index in [4.69, 9.17) is 5.11 Å². The number of nitrogens with zero attached hydrogens (tertiary/aromatic N) is 1. The number of carbonyl (C=O) groups is 2. The maximum Gasteiger partial charge on any atom is 0.335 e. The summed E-state index contributed by atoms with van der Waals surface area (Å²) >= 11 is 1.23. The molecule has 3 rings (SSSR count). The monoisotopic (exact) mass is 437 g/mol. The Kier molecular flexibility index (Phi) is 6.94. The lowest BCUT2D eigenvalue weighted by Gasteiger charge is -2.08. The van der Waals surface area contributed by atoms with Crippen LogP contribution in [-0.2, 0) is 5.75 Å². The van der Waals surface area contributed by atoms with Crippen LogP contribution in [0.1, 0.15) is 31.8 Å². The number of ketones is 1. The summed E-state index contributed by atoms with van der Waals surface area (Å²) in [6.45, 7) is 0. The van der Waals surface area contributed by atoms with Crippen LogP contribution in [0.25, 0.3) is 6.08 Å². The highest BCUT2D eigenvalue weighted by Gasteiger charge is 2.17. The molecule has 0 amide bonds. The number of nitro benzene ring substituents is 1. The fourth-order valence-corrected chi connectivity index (χ4v) is 3.71. The first-order valence-electron chi connectivity index (χ1n) is 9.05. The summed E-state index contributed by atoms with van der Waals surface area (Å²) in [5.74, 6) is -1.97. The van der Waals surface area contributed by atoms with Gasteiger partial charge in [0.2, 0.25) is 5.82 Å². The second kappa shape index (κ2) is 9.82. The smallest absolute Gasteiger partial charge is 0.335 e. The zero-order valence-electron chi connectivity index (χ0n) is 16.0. The maximum atomic E-state index is 13.7. The number of carboxylic acids is 1. The van der Waals surface area contributed by atoms with Gasteiger partial charge in [-0.3, -0.25) is 14.9 Å². The minimum absolute atomic E-state index is 0.0492. The molecule has 0 radical (unpaired) electrons. The van der Waals surface area contributed by atoms with Crippen LogP contribution in [0.5, 0.6) is 0 Å². The SMILES string of the molecule is O=C(O)c1ccc(C(=O)C(=Cc2ccc(F)c([N+](=O)[O-])c2)SCc2ccccc2)cc1. The lowest BCUT2D eigenvalue weighted by molar-refractivity contribution is -0.387. The lowest BCUT2D eigenvalue weighted by atomic mass is 10.1. The first-order valence-corrected chi connectivity index (χ1v) is 10.0. The van der Waals surface area contributed by atoms with Gasteiger partial charge in [0.05, 0.1) is 15.4 Å². The van der Waals surface area contributed by atoms with E-state index >= 15 is 0 Å². The van der Waals surface area contributed by atoms with Crippen molar-refractivity contribution < 1.29 is 24.0 Å². The molecule has 0 heterocycles. The molecule has 3 aromatic rings. The molecule has 156 valence electrons. The largest absolute Gasteiger partial charge is 0.478 e. The van der Waals surface area contributed by atoms with Gasteiger partial charge >= 0.3 is 11.7 Å². The number of Topliss-reactive ketones (excluding diaryl/α,β-unsaturated/α-hetero) is 1. The van der Waals surface area contributed by atoms with Gasteiger partial charge in [-0.2, -0.15) is 4.39 Å². The van der Waals surface area contributed by atoms with Gasteiger partial charge in [-0.15, -0.1) is 11.8 Å². The van der Waals surface area contributed by atoms with Gasteiger partial charge < -0.3 is 5.11 Å². The van der Waals surface area contributed by atoms with E-state index in [0.29, 0.717) is 11.3 Å². The average molecular weight is 437 g/mol. The van der Waals surface area contributed by atoms with Crippen LogP contribution in [0.15, 0.2) is 77.7 Å². The predicted molar refractivity (Wildman–Crippen MR) is 117 cm³/mol. The Hall–Kier alpha value is -3.78. The quantitative estimate of drug-likeness (QED) is 0.214. The van der Waals surface area contributed by atoms with Crippen molar-refractivity contribution in [3.05, 3.63) is 116 Å². The topological polar surface area (TPSA) is 97.5 Å². The molecule has 0 fully saturated rings. The highest BCUT2D eigenvalue weighted by molar-refractivity contribution is 8.03. The third kappa shape index (κ3) is 5.64. The van der Waals surface area contributed by atoms with Gasteiger partial charge in [0, 0.05) is 17.4 Å². The number of rotatable bonds is 8. The minimum atomic E-state index is -1.10. The number of carboxylic acid groups (broad SMARTS) is 1. The number of halogens is 1. The predicted octanol–water partition coefficient (Wildman–Crippen LogP) is 5.59. The number of thioether (sulfide) groups is 1. The summed E-state index contributed by atoms with van der Waals surface area (Å²) in [6, 6.07) is 18.3. The second-order valence-corrected chi connectivity index (χ2v) is 7.48. The molecule has 8 heteroatoms. The fourth-order valence-electron chi connectivity index (χ4n) is 2.73. The zero-order chi connectivity index (χ0) is 22.4. The van der Waals surface area contributed by atoms with Crippen molar-refractivity contribution >= 4 is 35.3 Å². The zero-order valence-corrected chi connectivity index (χ0v) is 16.8. The van der Waals surface area contributed by atoms with Gasteiger partial charge in [-0.05, 0) is 35.4 Å². The molecule has 0 saturated heterocycles. The Morgan fingerprint density at radius 3 is 2.26 bits per heavy atom. The van der Waals surface area contributed by atoms with Crippen molar-refractivity contribution in [3.8, 4) is 0 Å². The van der Waals surface area contributed by atoms with Crippen molar-refractivity contribution in [1.82, 2.24) is 0 Å². The number of carbonyl (C=O) groups excluding carboxylic acids is 1. The van der Waals surface area contributed by atoms with Crippen LogP contribution in [0.3, 0.4) is 0 Å². The Labute approximate surface area is 181 Å². The van der Waals surface area contributed by atoms with E-state index in [9.17, 15) is 24.1 Å². The van der Waals surface area contributed by atoms with E-state index in [0.717, 1.165) is 17.7 Å². The van der Waals surface area contributed by atoms with Crippen LogP contribution in [0, 0.1) is 15.9 Å². The number of hydrogen-bond donors (Lipinski definition) is 1. The summed E-state index contributed by atoms with van der Waals surface area (Å²) in [6.07, 6.45) is 1.47. The fraction of sp³-hybridized carbons (Fsp3) is 0.0435. The van der Waals surface area contributed by atoms with Gasteiger partial charge in [0.15, 0.2) is 5.78 Å². The molecule has 1 N–H and O–H groups in total. The van der Waals surface area contributed by atoms with Crippen LogP contribution >= 0.6 is 11.8 Å². The van der Waals surface area contributed by atoms with Gasteiger partial charge in [0.25, 0.3) is 0 Å². The Bertz CT molecular complexity index is 1160. The Morgan fingerprint density at radius 1 is 1.00 bits per heavy atom. The third-order valence-corrected chi connectivity index (χ3v) is 5.41.